The molecule has 2 aliphatic rings. The van der Waals surface area contributed by atoms with E-state index in [1.54, 1.807) is 6.08 Å². The fourth-order valence-electron chi connectivity index (χ4n) is 3.21. The third-order valence-corrected chi connectivity index (χ3v) is 4.53. The molecule has 4 heteroatoms. The summed E-state index contributed by atoms with van der Waals surface area (Å²) in [5.41, 5.74) is -0.564. The number of hydrogen-bond donors (Lipinski definition) is 0. The molecule has 3 atom stereocenters. The van der Waals surface area contributed by atoms with Crippen LogP contribution in [0.4, 0.5) is 0 Å². The summed E-state index contributed by atoms with van der Waals surface area (Å²) in [4.78, 5) is 24.6. The lowest BCUT2D eigenvalue weighted by molar-refractivity contribution is -0.144. The molecule has 1 aliphatic heterocycles. The quantitative estimate of drug-likeness (QED) is 0.573. The summed E-state index contributed by atoms with van der Waals surface area (Å²) >= 11 is 0. The number of carbonyl (C=O) groups is 2. The van der Waals surface area contributed by atoms with E-state index in [4.69, 9.17) is 9.47 Å². The number of carbonyl (C=O) groups excluding carboxylic acids is 2. The highest BCUT2D eigenvalue weighted by atomic mass is 16.7. The second-order valence-corrected chi connectivity index (χ2v) is 6.24. The lowest BCUT2D eigenvalue weighted by Gasteiger charge is -2.33. The van der Waals surface area contributed by atoms with Crippen LogP contribution in [0.5, 0.6) is 0 Å². The number of hydrogen-bond acceptors (Lipinski definition) is 4. The molecule has 0 amide bonds. The summed E-state index contributed by atoms with van der Waals surface area (Å²) < 4.78 is 11.0. The Kier molecular flexibility index (Phi) is 4.76. The van der Waals surface area contributed by atoms with E-state index in [9.17, 15) is 9.59 Å². The zero-order valence-corrected chi connectivity index (χ0v) is 12.4. The van der Waals surface area contributed by atoms with Gasteiger partial charge in [0.2, 0.25) is 0 Å². The third kappa shape index (κ3) is 3.01. The van der Waals surface area contributed by atoms with Crippen LogP contribution in [0.2, 0.25) is 0 Å². The predicted octanol–water partition coefficient (Wildman–Crippen LogP) is 2.52. The molecule has 112 valence electrons. The van der Waals surface area contributed by atoms with Crippen molar-refractivity contribution in [3.8, 4) is 0 Å². The Morgan fingerprint density at radius 3 is 2.65 bits per heavy atom. The zero-order chi connectivity index (χ0) is 14.8. The third-order valence-electron chi connectivity index (χ3n) is 4.53. The first-order valence-electron chi connectivity index (χ1n) is 7.40. The minimum atomic E-state index is -0.564. The second kappa shape index (κ2) is 6.19. The Morgan fingerprint density at radius 2 is 2.10 bits per heavy atom. The fourth-order valence-corrected chi connectivity index (χ4v) is 3.21. The summed E-state index contributed by atoms with van der Waals surface area (Å²) in [5, 5.41) is 0. The van der Waals surface area contributed by atoms with Gasteiger partial charge in [0, 0.05) is 18.3 Å². The summed E-state index contributed by atoms with van der Waals surface area (Å²) in [6.07, 6.45) is 3.92. The molecule has 1 saturated heterocycles. The predicted molar refractivity (Wildman–Crippen MR) is 75.1 cm³/mol. The molecule has 0 aromatic carbocycles. The molecule has 0 aromatic rings. The van der Waals surface area contributed by atoms with E-state index in [1.807, 2.05) is 13.8 Å². The SMILES string of the molecule is C=CC(C)(CC(=O)C1C(=O)CCC[C@H]1C)C1OCCO1. The van der Waals surface area contributed by atoms with Crippen molar-refractivity contribution >= 4 is 11.6 Å². The molecule has 2 fully saturated rings. The highest BCUT2D eigenvalue weighted by Crippen LogP contribution is 2.37. The van der Waals surface area contributed by atoms with Crippen LogP contribution in [0.15, 0.2) is 12.7 Å². The molecule has 0 N–H and O–H groups in total. The average Bonchev–Trinajstić information content (AvgIpc) is 2.92. The maximum atomic E-state index is 12.6. The van der Waals surface area contributed by atoms with Crippen LogP contribution >= 0.6 is 0 Å². The largest absolute Gasteiger partial charge is 0.349 e. The summed E-state index contributed by atoms with van der Waals surface area (Å²) in [7, 11) is 0. The highest BCUT2D eigenvalue weighted by Gasteiger charge is 2.42. The molecule has 0 bridgehead atoms. The van der Waals surface area contributed by atoms with E-state index in [-0.39, 0.29) is 23.9 Å². The molecule has 0 radical (unpaired) electrons. The van der Waals surface area contributed by atoms with Crippen molar-refractivity contribution in [3.05, 3.63) is 12.7 Å². The zero-order valence-electron chi connectivity index (χ0n) is 12.4. The Bertz CT molecular complexity index is 397. The molecular formula is C16H24O4. The van der Waals surface area contributed by atoms with Crippen molar-refractivity contribution in [2.24, 2.45) is 17.3 Å². The van der Waals surface area contributed by atoms with Crippen LogP contribution in [0.3, 0.4) is 0 Å². The Hall–Kier alpha value is -1.00. The molecule has 4 nitrogen and oxygen atoms in total. The van der Waals surface area contributed by atoms with Crippen molar-refractivity contribution in [1.29, 1.82) is 0 Å². The second-order valence-electron chi connectivity index (χ2n) is 6.24. The number of ether oxygens (including phenoxy) is 2. The topological polar surface area (TPSA) is 52.6 Å². The standard InChI is InChI=1S/C16H24O4/c1-4-16(3,15-19-8-9-20-15)10-13(18)14-11(2)6-5-7-12(14)17/h4,11,14-15H,1,5-10H2,2-3H3/t11-,14?,16?/m1/s1. The Balaban J connectivity index is 2.08. The van der Waals surface area contributed by atoms with Crippen molar-refractivity contribution in [1.82, 2.24) is 0 Å². The summed E-state index contributed by atoms with van der Waals surface area (Å²) in [6, 6.07) is 0. The first-order valence-corrected chi connectivity index (χ1v) is 7.40. The Morgan fingerprint density at radius 1 is 1.45 bits per heavy atom. The highest BCUT2D eigenvalue weighted by molar-refractivity contribution is 6.03. The van der Waals surface area contributed by atoms with E-state index in [0.717, 1.165) is 12.8 Å². The first-order chi connectivity index (χ1) is 9.48. The van der Waals surface area contributed by atoms with Gasteiger partial charge in [-0.15, -0.1) is 6.58 Å². The van der Waals surface area contributed by atoms with Gasteiger partial charge in [-0.2, -0.15) is 0 Å². The van der Waals surface area contributed by atoms with E-state index < -0.39 is 17.6 Å². The van der Waals surface area contributed by atoms with Crippen molar-refractivity contribution in [2.45, 2.75) is 45.8 Å². The van der Waals surface area contributed by atoms with Gasteiger partial charge in [0.25, 0.3) is 0 Å². The van der Waals surface area contributed by atoms with Gasteiger partial charge in [-0.1, -0.05) is 19.9 Å². The summed E-state index contributed by atoms with van der Waals surface area (Å²) in [6.45, 7) is 8.80. The maximum Gasteiger partial charge on any atom is 0.166 e. The number of rotatable bonds is 5. The molecule has 2 unspecified atom stereocenters. The van der Waals surface area contributed by atoms with Crippen LogP contribution < -0.4 is 0 Å². The lowest BCUT2D eigenvalue weighted by Crippen LogP contribution is -2.39. The van der Waals surface area contributed by atoms with E-state index in [0.29, 0.717) is 19.6 Å². The maximum absolute atomic E-state index is 12.6. The molecule has 1 aliphatic carbocycles. The Labute approximate surface area is 120 Å². The molecule has 0 aromatic heterocycles. The van der Waals surface area contributed by atoms with Crippen molar-refractivity contribution < 1.29 is 19.1 Å². The van der Waals surface area contributed by atoms with Crippen LogP contribution in [-0.4, -0.2) is 31.1 Å². The van der Waals surface area contributed by atoms with Gasteiger partial charge in [0.05, 0.1) is 19.1 Å². The fraction of sp³-hybridized carbons (Fsp3) is 0.750. The molecule has 20 heavy (non-hydrogen) atoms. The smallest absolute Gasteiger partial charge is 0.166 e. The van der Waals surface area contributed by atoms with Gasteiger partial charge in [-0.3, -0.25) is 9.59 Å². The van der Waals surface area contributed by atoms with E-state index in [1.165, 1.54) is 0 Å². The van der Waals surface area contributed by atoms with Crippen LogP contribution in [-0.2, 0) is 19.1 Å². The molecule has 1 saturated carbocycles. The van der Waals surface area contributed by atoms with Crippen LogP contribution in [0, 0.1) is 17.3 Å². The van der Waals surface area contributed by atoms with Crippen LogP contribution in [0.25, 0.3) is 0 Å². The van der Waals surface area contributed by atoms with Gasteiger partial charge in [-0.05, 0) is 18.8 Å². The number of ketones is 2. The molecular weight excluding hydrogens is 256 g/mol. The molecule has 2 rings (SSSR count). The normalized spacial score (nSPS) is 31.0. The van der Waals surface area contributed by atoms with Gasteiger partial charge >= 0.3 is 0 Å². The monoisotopic (exact) mass is 280 g/mol. The lowest BCUT2D eigenvalue weighted by atomic mass is 9.72. The van der Waals surface area contributed by atoms with Crippen molar-refractivity contribution in [3.63, 3.8) is 0 Å². The van der Waals surface area contributed by atoms with E-state index in [2.05, 4.69) is 6.58 Å². The van der Waals surface area contributed by atoms with Gasteiger partial charge in [0.15, 0.2) is 6.29 Å². The first kappa shape index (κ1) is 15.4. The van der Waals surface area contributed by atoms with Gasteiger partial charge in [-0.25, -0.2) is 0 Å². The van der Waals surface area contributed by atoms with Gasteiger partial charge in [0.1, 0.15) is 11.6 Å². The summed E-state index contributed by atoms with van der Waals surface area (Å²) in [5.74, 6) is -0.218. The average molecular weight is 280 g/mol. The van der Waals surface area contributed by atoms with Gasteiger partial charge < -0.3 is 9.47 Å². The molecule has 1 heterocycles. The minimum Gasteiger partial charge on any atom is -0.349 e. The van der Waals surface area contributed by atoms with Crippen LogP contribution in [0.1, 0.15) is 39.5 Å². The van der Waals surface area contributed by atoms with Crippen molar-refractivity contribution in [2.75, 3.05) is 13.2 Å². The van der Waals surface area contributed by atoms with E-state index >= 15 is 0 Å². The molecule has 0 spiro atoms. The number of Topliss-reactive ketones (excluding diaryl/α,β-unsaturated/α-hetero) is 2. The minimum absolute atomic E-state index is 0.00343.